The Labute approximate surface area is 136 Å². The van der Waals surface area contributed by atoms with Crippen molar-refractivity contribution < 1.29 is 4.48 Å². The van der Waals surface area contributed by atoms with E-state index in [1.54, 1.807) is 48.7 Å². The minimum Gasteiger partial charge on any atom is -0.340 e. The zero-order valence-electron chi connectivity index (χ0n) is 12.6. The van der Waals surface area contributed by atoms with Crippen molar-refractivity contribution in [3.8, 4) is 5.69 Å². The van der Waals surface area contributed by atoms with Crippen LogP contribution < -0.4 is 10.9 Å². The molecular weight excluding hydrogens is 307 g/mol. The summed E-state index contributed by atoms with van der Waals surface area (Å²) in [6.07, 6.45) is 1.68. The number of aromatic nitrogens is 3. The van der Waals surface area contributed by atoms with Crippen molar-refractivity contribution in [3.05, 3.63) is 83.3 Å². The first-order valence-electron chi connectivity index (χ1n) is 7.41. The Balaban J connectivity index is 1.88. The van der Waals surface area contributed by atoms with E-state index in [-0.39, 0.29) is 4.90 Å². The smallest absolute Gasteiger partial charge is 0.305 e. The Morgan fingerprint density at radius 3 is 2.50 bits per heavy atom. The van der Waals surface area contributed by atoms with Crippen LogP contribution in [0.2, 0.25) is 0 Å². The Morgan fingerprint density at radius 2 is 1.75 bits per heavy atom. The first-order valence-corrected chi connectivity index (χ1v) is 7.41. The largest absolute Gasteiger partial charge is 0.340 e. The lowest BCUT2D eigenvalue weighted by atomic mass is 10.2. The molecular formula is C18H13FN4O. The van der Waals surface area contributed by atoms with Gasteiger partial charge in [-0.1, -0.05) is 33.7 Å². The summed E-state index contributed by atoms with van der Waals surface area (Å²) in [5.74, 6) is 0.671. The summed E-state index contributed by atoms with van der Waals surface area (Å²) in [5, 5.41) is 3.46. The van der Waals surface area contributed by atoms with Gasteiger partial charge >= 0.3 is 5.56 Å². The molecule has 24 heavy (non-hydrogen) atoms. The third kappa shape index (κ3) is 2.34. The molecule has 1 N–H and O–H groups in total. The van der Waals surface area contributed by atoms with Crippen molar-refractivity contribution in [2.24, 2.45) is 0 Å². The van der Waals surface area contributed by atoms with Gasteiger partial charge < -0.3 is 5.32 Å². The maximum absolute atomic E-state index is 14.4. The Morgan fingerprint density at radius 1 is 0.958 bits per heavy atom. The van der Waals surface area contributed by atoms with Crippen molar-refractivity contribution in [1.82, 2.24) is 14.6 Å². The van der Waals surface area contributed by atoms with Crippen LogP contribution in [-0.2, 0) is 0 Å². The lowest BCUT2D eigenvalue weighted by Crippen LogP contribution is -2.14. The normalized spacial score (nSPS) is 10.9. The van der Waals surface area contributed by atoms with E-state index in [1.165, 1.54) is 4.68 Å². The summed E-state index contributed by atoms with van der Waals surface area (Å²) in [7, 11) is 0. The highest BCUT2D eigenvalue weighted by Gasteiger charge is 2.15. The number of halogens is 1. The van der Waals surface area contributed by atoms with E-state index in [9.17, 15) is 9.28 Å². The van der Waals surface area contributed by atoms with Crippen LogP contribution >= 0.6 is 0 Å². The van der Waals surface area contributed by atoms with Crippen molar-refractivity contribution in [2.45, 2.75) is 0 Å². The molecule has 4 aromatic rings. The van der Waals surface area contributed by atoms with Crippen LogP contribution in [0, 0.1) is 0 Å². The lowest BCUT2D eigenvalue weighted by molar-refractivity contribution is 0.278. The fourth-order valence-electron chi connectivity index (χ4n) is 2.64. The number of benzene rings is 2. The van der Waals surface area contributed by atoms with Crippen LogP contribution in [-0.4, -0.2) is 14.6 Å². The van der Waals surface area contributed by atoms with Crippen LogP contribution in [0.4, 0.5) is 16.0 Å². The molecule has 2 heterocycles. The molecule has 5 nitrogen and oxygen atoms in total. The highest BCUT2D eigenvalue weighted by atomic mass is 19.2. The van der Waals surface area contributed by atoms with Gasteiger partial charge in [0.15, 0.2) is 0 Å². The predicted octanol–water partition coefficient (Wildman–Crippen LogP) is 3.66. The van der Waals surface area contributed by atoms with Crippen LogP contribution in [0.1, 0.15) is 0 Å². The zero-order valence-corrected chi connectivity index (χ0v) is 12.6. The fourth-order valence-corrected chi connectivity index (χ4v) is 2.64. The number of nitrogens with one attached hydrogen (secondary N) is 1. The summed E-state index contributed by atoms with van der Waals surface area (Å²) < 4.78 is 15.6. The molecule has 0 aliphatic heterocycles. The van der Waals surface area contributed by atoms with Gasteiger partial charge in [0.05, 0.1) is 16.6 Å². The Kier molecular flexibility index (Phi) is 3.35. The molecule has 0 fully saturated rings. The standard InChI is InChI=1S/C18H13FN4O/c19-23-18(24)15-10-9-13(21-17-8-4-5-11-20-17)12-16(15)22(23)14-6-2-1-3-7-14/h1-12H,(H,20,21). The second-order valence-electron chi connectivity index (χ2n) is 5.28. The van der Waals surface area contributed by atoms with Gasteiger partial charge in [-0.05, 0) is 42.5 Å². The maximum Gasteiger partial charge on any atom is 0.305 e. The number of fused-ring (bicyclic) bond motifs is 1. The minimum absolute atomic E-state index is 0.130. The first kappa shape index (κ1) is 14.2. The second kappa shape index (κ2) is 5.66. The van der Waals surface area contributed by atoms with Crippen LogP contribution in [0.15, 0.2) is 77.7 Å². The number of para-hydroxylation sites is 1. The van der Waals surface area contributed by atoms with E-state index < -0.39 is 5.56 Å². The molecule has 2 aromatic carbocycles. The van der Waals surface area contributed by atoms with Crippen LogP contribution in [0.5, 0.6) is 0 Å². The molecule has 4 rings (SSSR count). The second-order valence-corrected chi connectivity index (χ2v) is 5.28. The molecule has 6 heteroatoms. The van der Waals surface area contributed by atoms with Crippen molar-refractivity contribution in [2.75, 3.05) is 5.32 Å². The molecule has 118 valence electrons. The van der Waals surface area contributed by atoms with Crippen LogP contribution in [0.3, 0.4) is 0 Å². The number of nitrogens with zero attached hydrogens (tertiary/aromatic N) is 3. The maximum atomic E-state index is 14.4. The highest BCUT2D eigenvalue weighted by molar-refractivity contribution is 5.84. The zero-order chi connectivity index (χ0) is 16.5. The van der Waals surface area contributed by atoms with Gasteiger partial charge in [0.25, 0.3) is 0 Å². The Hall–Kier alpha value is -3.41. The van der Waals surface area contributed by atoms with Gasteiger partial charge in [0, 0.05) is 11.9 Å². The van der Waals surface area contributed by atoms with Crippen molar-refractivity contribution in [1.29, 1.82) is 0 Å². The topological polar surface area (TPSA) is 51.9 Å². The molecule has 0 unspecified atom stereocenters. The van der Waals surface area contributed by atoms with Gasteiger partial charge in [0.1, 0.15) is 5.82 Å². The molecule has 0 saturated carbocycles. The third-order valence-corrected chi connectivity index (χ3v) is 3.74. The van der Waals surface area contributed by atoms with Gasteiger partial charge in [-0.3, -0.25) is 4.79 Å². The summed E-state index contributed by atoms with van der Waals surface area (Å²) >= 11 is 0. The van der Waals surface area contributed by atoms with E-state index in [4.69, 9.17) is 0 Å². The number of pyridine rings is 1. The SMILES string of the molecule is O=c1c2ccc(Nc3ccccn3)cc2n(-c2ccccc2)n1F. The number of rotatable bonds is 3. The monoisotopic (exact) mass is 320 g/mol. The first-order chi connectivity index (χ1) is 11.7. The highest BCUT2D eigenvalue weighted by Crippen LogP contribution is 2.23. The van der Waals surface area contributed by atoms with Gasteiger partial charge in [-0.25, -0.2) is 9.67 Å². The number of hydrogen-bond acceptors (Lipinski definition) is 3. The van der Waals surface area contributed by atoms with Crippen LogP contribution in [0.25, 0.3) is 16.6 Å². The molecule has 0 saturated heterocycles. The van der Waals surface area contributed by atoms with E-state index in [2.05, 4.69) is 10.3 Å². The van der Waals surface area contributed by atoms with E-state index in [1.807, 2.05) is 24.3 Å². The lowest BCUT2D eigenvalue weighted by Gasteiger charge is -2.08. The molecule has 2 aromatic heterocycles. The van der Waals surface area contributed by atoms with E-state index in [0.717, 1.165) is 5.69 Å². The summed E-state index contributed by atoms with van der Waals surface area (Å²) in [6, 6.07) is 19.5. The quantitative estimate of drug-likeness (QED) is 0.627. The van der Waals surface area contributed by atoms with E-state index >= 15 is 0 Å². The summed E-state index contributed by atoms with van der Waals surface area (Å²) in [5.41, 5.74) is 1.09. The van der Waals surface area contributed by atoms with Gasteiger partial charge in [-0.2, -0.15) is 0 Å². The average molecular weight is 320 g/mol. The van der Waals surface area contributed by atoms with Crippen molar-refractivity contribution >= 4 is 22.4 Å². The molecule has 0 amide bonds. The summed E-state index contributed by atoms with van der Waals surface area (Å²) in [6.45, 7) is 0. The number of hydrogen-bond donors (Lipinski definition) is 1. The van der Waals surface area contributed by atoms with Gasteiger partial charge in [-0.15, -0.1) is 0 Å². The Bertz CT molecular complexity index is 1060. The minimum atomic E-state index is -0.682. The molecule has 0 aliphatic carbocycles. The molecule has 0 radical (unpaired) electrons. The molecule has 0 spiro atoms. The molecule has 0 aliphatic rings. The summed E-state index contributed by atoms with van der Waals surface area (Å²) in [4.78, 5) is 16.5. The number of anilines is 2. The van der Waals surface area contributed by atoms with Gasteiger partial charge in [0.2, 0.25) is 0 Å². The van der Waals surface area contributed by atoms with E-state index in [0.29, 0.717) is 22.4 Å². The third-order valence-electron chi connectivity index (χ3n) is 3.74. The average Bonchev–Trinajstić information content (AvgIpc) is 2.87. The molecule has 0 bridgehead atoms. The molecule has 0 atom stereocenters. The fraction of sp³-hybridized carbons (Fsp3) is 0. The van der Waals surface area contributed by atoms with Crippen molar-refractivity contribution in [3.63, 3.8) is 0 Å². The predicted molar refractivity (Wildman–Crippen MR) is 91.6 cm³/mol.